The summed E-state index contributed by atoms with van der Waals surface area (Å²) in [6.45, 7) is 3.60. The highest BCUT2D eigenvalue weighted by molar-refractivity contribution is 6.36. The summed E-state index contributed by atoms with van der Waals surface area (Å²) in [6, 6.07) is 1.74. The number of hydrogen-bond donors (Lipinski definition) is 0. The number of piperazine rings is 1. The Kier molecular flexibility index (Phi) is 3.72. The van der Waals surface area contributed by atoms with Gasteiger partial charge in [-0.05, 0) is 6.07 Å². The molecule has 0 unspecified atom stereocenters. The maximum Gasteiger partial charge on any atom is 0.147 e. The van der Waals surface area contributed by atoms with Crippen LogP contribution in [0.4, 0.5) is 11.5 Å². The summed E-state index contributed by atoms with van der Waals surface area (Å²) in [5.74, 6) is 0.807. The van der Waals surface area contributed by atoms with Crippen LogP contribution in [0.2, 0.25) is 10.0 Å². The first-order chi connectivity index (χ1) is 9.63. The van der Waals surface area contributed by atoms with Gasteiger partial charge in [-0.1, -0.05) is 23.2 Å². The summed E-state index contributed by atoms with van der Waals surface area (Å²) in [5.41, 5.74) is 1.15. The molecule has 1 fully saturated rings. The lowest BCUT2D eigenvalue weighted by Crippen LogP contribution is -2.46. The molecule has 2 aromatic heterocycles. The monoisotopic (exact) mass is 311 g/mol. The zero-order valence-corrected chi connectivity index (χ0v) is 12.6. The van der Waals surface area contributed by atoms with E-state index in [0.29, 0.717) is 10.0 Å². The van der Waals surface area contributed by atoms with Gasteiger partial charge in [0, 0.05) is 45.6 Å². The van der Waals surface area contributed by atoms with E-state index < -0.39 is 0 Å². The maximum atomic E-state index is 6.20. The minimum atomic E-state index is 0.563. The van der Waals surface area contributed by atoms with Crippen LogP contribution < -0.4 is 9.80 Å². The standard InChI is InChI=1S/C13H15Cl2N5/c1-18-9-11(8-17-18)19-2-4-20(5-3-19)13-12(15)6-10(14)7-16-13/h6-9H,2-5H2,1H3. The summed E-state index contributed by atoms with van der Waals surface area (Å²) in [5, 5.41) is 5.37. The number of rotatable bonds is 2. The molecule has 1 aliphatic heterocycles. The van der Waals surface area contributed by atoms with Crippen molar-refractivity contribution < 1.29 is 0 Å². The Labute approximate surface area is 127 Å². The van der Waals surface area contributed by atoms with E-state index >= 15 is 0 Å². The number of pyridine rings is 1. The quantitative estimate of drug-likeness (QED) is 0.853. The van der Waals surface area contributed by atoms with Gasteiger partial charge < -0.3 is 9.80 Å². The minimum absolute atomic E-state index is 0.563. The molecular formula is C13H15Cl2N5. The number of nitrogens with zero attached hydrogens (tertiary/aromatic N) is 5. The molecule has 0 amide bonds. The van der Waals surface area contributed by atoms with Crippen LogP contribution in [0.15, 0.2) is 24.7 Å². The predicted molar refractivity (Wildman–Crippen MR) is 81.9 cm³/mol. The highest BCUT2D eigenvalue weighted by atomic mass is 35.5. The fraction of sp³-hybridized carbons (Fsp3) is 0.385. The Bertz CT molecular complexity index is 605. The van der Waals surface area contributed by atoms with Gasteiger partial charge in [-0.25, -0.2) is 4.98 Å². The lowest BCUT2D eigenvalue weighted by molar-refractivity contribution is 0.647. The third kappa shape index (κ3) is 2.69. The second kappa shape index (κ2) is 5.50. The van der Waals surface area contributed by atoms with Gasteiger partial charge in [-0.3, -0.25) is 4.68 Å². The molecule has 1 saturated heterocycles. The summed E-state index contributed by atoms with van der Waals surface area (Å²) >= 11 is 12.1. The smallest absolute Gasteiger partial charge is 0.147 e. The normalized spacial score (nSPS) is 15.8. The number of anilines is 2. The lowest BCUT2D eigenvalue weighted by atomic mass is 10.3. The van der Waals surface area contributed by atoms with E-state index in [1.807, 2.05) is 24.1 Å². The van der Waals surface area contributed by atoms with Crippen LogP contribution in [0.1, 0.15) is 0 Å². The molecule has 2 aromatic rings. The first kappa shape index (κ1) is 13.5. The number of halogens is 2. The molecule has 0 spiro atoms. The van der Waals surface area contributed by atoms with Gasteiger partial charge >= 0.3 is 0 Å². The van der Waals surface area contributed by atoms with Crippen molar-refractivity contribution in [3.63, 3.8) is 0 Å². The van der Waals surface area contributed by atoms with Crippen molar-refractivity contribution in [1.82, 2.24) is 14.8 Å². The molecule has 0 saturated carbocycles. The maximum absolute atomic E-state index is 6.20. The van der Waals surface area contributed by atoms with Gasteiger partial charge in [-0.15, -0.1) is 0 Å². The molecular weight excluding hydrogens is 297 g/mol. The lowest BCUT2D eigenvalue weighted by Gasteiger charge is -2.36. The van der Waals surface area contributed by atoms with Crippen molar-refractivity contribution in [1.29, 1.82) is 0 Å². The van der Waals surface area contributed by atoms with Gasteiger partial charge in [0.05, 0.1) is 21.9 Å². The molecule has 0 aromatic carbocycles. The average molecular weight is 312 g/mol. The van der Waals surface area contributed by atoms with Crippen LogP contribution in [0.3, 0.4) is 0 Å². The van der Waals surface area contributed by atoms with E-state index in [1.54, 1.807) is 12.3 Å². The Morgan fingerprint density at radius 3 is 2.35 bits per heavy atom. The van der Waals surface area contributed by atoms with Gasteiger partial charge in [0.2, 0.25) is 0 Å². The van der Waals surface area contributed by atoms with Crippen LogP contribution in [0.25, 0.3) is 0 Å². The van der Waals surface area contributed by atoms with Crippen molar-refractivity contribution in [2.75, 3.05) is 36.0 Å². The summed E-state index contributed by atoms with van der Waals surface area (Å²) < 4.78 is 1.82. The SMILES string of the molecule is Cn1cc(N2CCN(c3ncc(Cl)cc3Cl)CC2)cn1. The van der Waals surface area contributed by atoms with Gasteiger partial charge in [0.15, 0.2) is 0 Å². The van der Waals surface area contributed by atoms with E-state index in [0.717, 1.165) is 37.7 Å². The third-order valence-corrected chi connectivity index (χ3v) is 3.91. The second-order valence-electron chi connectivity index (χ2n) is 4.81. The van der Waals surface area contributed by atoms with Crippen LogP contribution >= 0.6 is 23.2 Å². The Hall–Kier alpha value is -1.46. The Morgan fingerprint density at radius 2 is 1.75 bits per heavy atom. The van der Waals surface area contributed by atoms with Gasteiger partial charge in [0.25, 0.3) is 0 Å². The molecule has 0 bridgehead atoms. The molecule has 5 nitrogen and oxygen atoms in total. The minimum Gasteiger partial charge on any atom is -0.365 e. The van der Waals surface area contributed by atoms with Crippen molar-refractivity contribution in [2.45, 2.75) is 0 Å². The van der Waals surface area contributed by atoms with E-state index in [9.17, 15) is 0 Å². The molecule has 20 heavy (non-hydrogen) atoms. The second-order valence-corrected chi connectivity index (χ2v) is 5.65. The number of aromatic nitrogens is 3. The number of aryl methyl sites for hydroxylation is 1. The molecule has 0 atom stereocenters. The summed E-state index contributed by atoms with van der Waals surface area (Å²) in [7, 11) is 1.93. The molecule has 7 heteroatoms. The van der Waals surface area contributed by atoms with Gasteiger partial charge in [0.1, 0.15) is 5.82 Å². The third-order valence-electron chi connectivity index (χ3n) is 3.42. The van der Waals surface area contributed by atoms with Crippen LogP contribution in [-0.2, 0) is 7.05 Å². The van der Waals surface area contributed by atoms with Crippen LogP contribution in [0.5, 0.6) is 0 Å². The van der Waals surface area contributed by atoms with Crippen molar-refractivity contribution >= 4 is 34.7 Å². The van der Waals surface area contributed by atoms with E-state index in [2.05, 4.69) is 19.9 Å². The molecule has 1 aliphatic rings. The van der Waals surface area contributed by atoms with E-state index in [4.69, 9.17) is 23.2 Å². The van der Waals surface area contributed by atoms with Crippen molar-refractivity contribution in [2.24, 2.45) is 7.05 Å². The zero-order valence-electron chi connectivity index (χ0n) is 11.1. The summed E-state index contributed by atoms with van der Waals surface area (Å²) in [6.07, 6.45) is 5.56. The Morgan fingerprint density at radius 1 is 1.05 bits per heavy atom. The molecule has 0 aliphatic carbocycles. The number of hydrogen-bond acceptors (Lipinski definition) is 4. The van der Waals surface area contributed by atoms with E-state index in [1.165, 1.54) is 0 Å². The van der Waals surface area contributed by atoms with Gasteiger partial charge in [-0.2, -0.15) is 5.10 Å². The Balaban J connectivity index is 1.69. The highest BCUT2D eigenvalue weighted by Gasteiger charge is 2.20. The first-order valence-corrected chi connectivity index (χ1v) is 7.18. The predicted octanol–water partition coefficient (Wildman–Crippen LogP) is 2.45. The molecule has 0 radical (unpaired) electrons. The average Bonchev–Trinajstić information content (AvgIpc) is 2.86. The zero-order chi connectivity index (χ0) is 14.1. The van der Waals surface area contributed by atoms with Crippen LogP contribution in [0, 0.1) is 0 Å². The largest absolute Gasteiger partial charge is 0.365 e. The first-order valence-electron chi connectivity index (χ1n) is 6.43. The van der Waals surface area contributed by atoms with Crippen molar-refractivity contribution in [3.8, 4) is 0 Å². The van der Waals surface area contributed by atoms with Crippen molar-refractivity contribution in [3.05, 3.63) is 34.7 Å². The highest BCUT2D eigenvalue weighted by Crippen LogP contribution is 2.27. The fourth-order valence-electron chi connectivity index (χ4n) is 2.39. The molecule has 3 rings (SSSR count). The fourth-order valence-corrected chi connectivity index (χ4v) is 2.89. The van der Waals surface area contributed by atoms with E-state index in [-0.39, 0.29) is 0 Å². The molecule has 3 heterocycles. The van der Waals surface area contributed by atoms with Crippen LogP contribution in [-0.4, -0.2) is 40.9 Å². The molecule has 0 N–H and O–H groups in total. The summed E-state index contributed by atoms with van der Waals surface area (Å²) in [4.78, 5) is 8.83. The molecule has 106 valence electrons. The topological polar surface area (TPSA) is 37.2 Å².